The van der Waals surface area contributed by atoms with Crippen molar-refractivity contribution in [3.63, 3.8) is 0 Å². The van der Waals surface area contributed by atoms with Crippen molar-refractivity contribution in [3.8, 4) is 0 Å². The molecule has 148 valence electrons. The van der Waals surface area contributed by atoms with E-state index in [0.29, 0.717) is 17.8 Å². The van der Waals surface area contributed by atoms with E-state index in [0.717, 1.165) is 46.5 Å². The molecule has 1 aliphatic carbocycles. The van der Waals surface area contributed by atoms with Gasteiger partial charge in [0.2, 0.25) is 0 Å². The Morgan fingerprint density at radius 1 is 1.07 bits per heavy atom. The minimum Gasteiger partial charge on any atom is -0.362 e. The van der Waals surface area contributed by atoms with Gasteiger partial charge < -0.3 is 10.6 Å². The van der Waals surface area contributed by atoms with Crippen molar-refractivity contribution >= 4 is 17.5 Å². The number of nitrogens with one attached hydrogen (secondary N) is 2. The topological polar surface area (TPSA) is 71.1 Å². The van der Waals surface area contributed by atoms with Gasteiger partial charge in [0.1, 0.15) is 5.82 Å². The number of aromatic nitrogens is 1. The third-order valence-corrected chi connectivity index (χ3v) is 5.59. The summed E-state index contributed by atoms with van der Waals surface area (Å²) in [7, 11) is 0. The predicted molar refractivity (Wildman–Crippen MR) is 113 cm³/mol. The van der Waals surface area contributed by atoms with Crippen LogP contribution in [0.25, 0.3) is 0 Å². The number of aryl methyl sites for hydroxylation is 2. The molecule has 0 bridgehead atoms. The number of carbonyl (C=O) groups is 2. The van der Waals surface area contributed by atoms with E-state index in [9.17, 15) is 9.59 Å². The Balaban J connectivity index is 1.78. The standard InChI is InChI=1S/C24H25N3O2/c1-14-7-9-17(10-8-14)22-21(24(29)27-20-13-15(2)11-12-25-20)16(3)26-18-5-4-6-19(28)23(18)22/h7-13,22,26H,4-6H2,1-3H3,(H,25,27,29)/t22-/m1/s1. The second-order valence-electron chi connectivity index (χ2n) is 7.85. The Bertz CT molecular complexity index is 1050. The summed E-state index contributed by atoms with van der Waals surface area (Å²) in [4.78, 5) is 30.5. The molecule has 0 saturated heterocycles. The van der Waals surface area contributed by atoms with Crippen molar-refractivity contribution in [1.29, 1.82) is 0 Å². The summed E-state index contributed by atoms with van der Waals surface area (Å²) in [6.07, 6.45) is 3.87. The summed E-state index contributed by atoms with van der Waals surface area (Å²) in [6, 6.07) is 11.8. The summed E-state index contributed by atoms with van der Waals surface area (Å²) in [5.74, 6) is 0.0246. The molecule has 1 atom stereocenters. The number of ketones is 1. The molecule has 5 heteroatoms. The van der Waals surface area contributed by atoms with Crippen molar-refractivity contribution in [2.75, 3.05) is 5.32 Å². The van der Waals surface area contributed by atoms with E-state index in [4.69, 9.17) is 0 Å². The Kier molecular flexibility index (Phi) is 5.05. The molecule has 2 N–H and O–H groups in total. The molecule has 0 saturated carbocycles. The lowest BCUT2D eigenvalue weighted by Gasteiger charge is -2.34. The fourth-order valence-corrected chi connectivity index (χ4v) is 4.16. The zero-order chi connectivity index (χ0) is 20.5. The van der Waals surface area contributed by atoms with Gasteiger partial charge in [0, 0.05) is 41.1 Å². The van der Waals surface area contributed by atoms with Crippen LogP contribution in [0.5, 0.6) is 0 Å². The van der Waals surface area contributed by atoms with E-state index in [-0.39, 0.29) is 17.6 Å². The number of allylic oxidation sites excluding steroid dienone is 3. The minimum absolute atomic E-state index is 0.121. The van der Waals surface area contributed by atoms with Crippen LogP contribution >= 0.6 is 0 Å². The highest BCUT2D eigenvalue weighted by atomic mass is 16.2. The van der Waals surface area contributed by atoms with E-state index in [1.807, 2.05) is 57.2 Å². The number of amides is 1. The fraction of sp³-hybridized carbons (Fsp3) is 0.292. The highest BCUT2D eigenvalue weighted by molar-refractivity contribution is 6.09. The van der Waals surface area contributed by atoms with E-state index >= 15 is 0 Å². The molecule has 1 aromatic carbocycles. The molecule has 1 aromatic heterocycles. The quantitative estimate of drug-likeness (QED) is 0.823. The molecule has 5 nitrogen and oxygen atoms in total. The van der Waals surface area contributed by atoms with Crippen molar-refractivity contribution < 1.29 is 9.59 Å². The molecule has 0 spiro atoms. The lowest BCUT2D eigenvalue weighted by atomic mass is 9.75. The maximum Gasteiger partial charge on any atom is 0.255 e. The number of rotatable bonds is 3. The number of hydrogen-bond acceptors (Lipinski definition) is 4. The van der Waals surface area contributed by atoms with Gasteiger partial charge in [0.25, 0.3) is 5.91 Å². The number of benzene rings is 1. The van der Waals surface area contributed by atoms with Gasteiger partial charge in [-0.05, 0) is 56.9 Å². The highest BCUT2D eigenvalue weighted by Crippen LogP contribution is 2.42. The Labute approximate surface area is 170 Å². The summed E-state index contributed by atoms with van der Waals surface area (Å²) >= 11 is 0. The van der Waals surface area contributed by atoms with Crippen LogP contribution in [0.2, 0.25) is 0 Å². The lowest BCUT2D eigenvalue weighted by molar-refractivity contribution is -0.116. The van der Waals surface area contributed by atoms with Crippen LogP contribution < -0.4 is 10.6 Å². The molecular weight excluding hydrogens is 362 g/mol. The van der Waals surface area contributed by atoms with Gasteiger partial charge in [-0.2, -0.15) is 0 Å². The Morgan fingerprint density at radius 3 is 2.55 bits per heavy atom. The van der Waals surface area contributed by atoms with Crippen molar-refractivity contribution in [2.45, 2.75) is 46.0 Å². The summed E-state index contributed by atoms with van der Waals surface area (Å²) in [5, 5.41) is 6.27. The molecule has 2 aliphatic rings. The van der Waals surface area contributed by atoms with Gasteiger partial charge in [-0.15, -0.1) is 0 Å². The van der Waals surface area contributed by atoms with Gasteiger partial charge in [-0.3, -0.25) is 9.59 Å². The van der Waals surface area contributed by atoms with Crippen molar-refractivity contribution in [1.82, 2.24) is 10.3 Å². The van der Waals surface area contributed by atoms with E-state index in [1.54, 1.807) is 6.20 Å². The van der Waals surface area contributed by atoms with Crippen LogP contribution in [0.4, 0.5) is 5.82 Å². The van der Waals surface area contributed by atoms with Crippen LogP contribution in [0.1, 0.15) is 48.8 Å². The number of dihydropyridines is 1. The third-order valence-electron chi connectivity index (χ3n) is 5.59. The van der Waals surface area contributed by atoms with Crippen LogP contribution in [-0.2, 0) is 9.59 Å². The maximum atomic E-state index is 13.3. The fourth-order valence-electron chi connectivity index (χ4n) is 4.16. The molecule has 4 rings (SSSR count). The first-order valence-corrected chi connectivity index (χ1v) is 9.98. The maximum absolute atomic E-state index is 13.3. The normalized spacial score (nSPS) is 19.0. The molecular formula is C24H25N3O2. The largest absolute Gasteiger partial charge is 0.362 e. The van der Waals surface area contributed by atoms with Gasteiger partial charge in [-0.1, -0.05) is 29.8 Å². The molecule has 0 unspecified atom stereocenters. The third kappa shape index (κ3) is 3.73. The number of hydrogen-bond donors (Lipinski definition) is 2. The average molecular weight is 387 g/mol. The molecule has 0 fully saturated rings. The van der Waals surface area contributed by atoms with Crippen LogP contribution in [0.15, 0.2) is 65.1 Å². The first-order valence-electron chi connectivity index (χ1n) is 9.98. The summed E-state index contributed by atoms with van der Waals surface area (Å²) < 4.78 is 0. The number of pyridine rings is 1. The zero-order valence-corrected chi connectivity index (χ0v) is 17.0. The van der Waals surface area contributed by atoms with Crippen LogP contribution in [0.3, 0.4) is 0 Å². The lowest BCUT2D eigenvalue weighted by Crippen LogP contribution is -2.35. The smallest absolute Gasteiger partial charge is 0.255 e. The van der Waals surface area contributed by atoms with E-state index in [1.165, 1.54) is 0 Å². The summed E-state index contributed by atoms with van der Waals surface area (Å²) in [5.41, 5.74) is 6.16. The van der Waals surface area contributed by atoms with Gasteiger partial charge in [-0.25, -0.2) is 4.98 Å². The second kappa shape index (κ2) is 7.66. The molecule has 2 heterocycles. The van der Waals surface area contributed by atoms with Gasteiger partial charge in [0.05, 0.1) is 0 Å². The molecule has 2 aromatic rings. The monoisotopic (exact) mass is 387 g/mol. The van der Waals surface area contributed by atoms with E-state index < -0.39 is 0 Å². The zero-order valence-electron chi connectivity index (χ0n) is 17.0. The van der Waals surface area contributed by atoms with Crippen molar-refractivity contribution in [3.05, 3.63) is 81.8 Å². The predicted octanol–water partition coefficient (Wildman–Crippen LogP) is 4.31. The number of Topliss-reactive ketones (excluding diaryl/α,β-unsaturated/α-hetero) is 1. The molecule has 1 amide bonds. The second-order valence-corrected chi connectivity index (χ2v) is 7.85. The molecule has 29 heavy (non-hydrogen) atoms. The minimum atomic E-state index is -0.371. The highest BCUT2D eigenvalue weighted by Gasteiger charge is 2.38. The first-order chi connectivity index (χ1) is 13.9. The first kappa shape index (κ1) is 19.1. The Morgan fingerprint density at radius 2 is 1.83 bits per heavy atom. The molecule has 0 radical (unpaired) electrons. The summed E-state index contributed by atoms with van der Waals surface area (Å²) in [6.45, 7) is 5.89. The average Bonchev–Trinajstić information content (AvgIpc) is 2.67. The van der Waals surface area contributed by atoms with Crippen LogP contribution in [0, 0.1) is 13.8 Å². The SMILES string of the molecule is CC1=C(C(=O)Nc2cc(C)ccn2)[C@@H](c2ccc(C)cc2)C2=C(CCCC2=O)N1. The van der Waals surface area contributed by atoms with Crippen LogP contribution in [-0.4, -0.2) is 16.7 Å². The Hall–Kier alpha value is -3.21. The van der Waals surface area contributed by atoms with E-state index in [2.05, 4.69) is 15.6 Å². The van der Waals surface area contributed by atoms with Gasteiger partial charge in [0.15, 0.2) is 5.78 Å². The van der Waals surface area contributed by atoms with Crippen molar-refractivity contribution in [2.24, 2.45) is 0 Å². The number of anilines is 1. The number of carbonyl (C=O) groups excluding carboxylic acids is 2. The van der Waals surface area contributed by atoms with Gasteiger partial charge >= 0.3 is 0 Å². The number of nitrogens with zero attached hydrogens (tertiary/aromatic N) is 1. The molecule has 1 aliphatic heterocycles.